The van der Waals surface area contributed by atoms with Gasteiger partial charge in [-0.3, -0.25) is 9.59 Å². The number of aryl methyl sites for hydroxylation is 1. The molecule has 2 N–H and O–H groups in total. The van der Waals surface area contributed by atoms with Gasteiger partial charge >= 0.3 is 0 Å². The van der Waals surface area contributed by atoms with E-state index in [1.54, 1.807) is 36.4 Å². The monoisotopic (exact) mass is 342 g/mol. The van der Waals surface area contributed by atoms with Crippen LogP contribution in [0.2, 0.25) is 0 Å². The zero-order valence-electron chi connectivity index (χ0n) is 14.6. The molecule has 2 amide bonds. The highest BCUT2D eigenvalue weighted by Gasteiger charge is 2.12. The molecule has 0 radical (unpaired) electrons. The van der Waals surface area contributed by atoms with Gasteiger partial charge in [-0.15, -0.1) is 0 Å². The Hall–Kier alpha value is -3.02. The molecule has 0 aliphatic rings. The van der Waals surface area contributed by atoms with Gasteiger partial charge in [-0.2, -0.15) is 0 Å². The number of carbonyl (C=O) groups is 2. The average molecular weight is 342 g/mol. The molecule has 6 nitrogen and oxygen atoms in total. The van der Waals surface area contributed by atoms with E-state index in [1.165, 1.54) is 7.11 Å². The number of hydrogen-bond acceptors (Lipinski definition) is 4. The van der Waals surface area contributed by atoms with E-state index >= 15 is 0 Å². The molecule has 0 heterocycles. The summed E-state index contributed by atoms with van der Waals surface area (Å²) in [5, 5.41) is 5.38. The first-order valence-electron chi connectivity index (χ1n) is 7.99. The first-order chi connectivity index (χ1) is 12.0. The summed E-state index contributed by atoms with van der Waals surface area (Å²) in [5.41, 5.74) is 2.13. The van der Waals surface area contributed by atoms with Crippen molar-refractivity contribution in [1.29, 1.82) is 0 Å². The summed E-state index contributed by atoms with van der Waals surface area (Å²) in [6.45, 7) is 4.39. The highest BCUT2D eigenvalue weighted by Crippen LogP contribution is 2.25. The number of hydrogen-bond donors (Lipinski definition) is 2. The Labute approximate surface area is 147 Å². The van der Waals surface area contributed by atoms with Crippen molar-refractivity contribution in [3.8, 4) is 11.5 Å². The molecule has 0 unspecified atom stereocenters. The Morgan fingerprint density at radius 1 is 1.00 bits per heavy atom. The minimum atomic E-state index is -0.410. The van der Waals surface area contributed by atoms with Crippen LogP contribution in [0.4, 0.5) is 11.4 Å². The van der Waals surface area contributed by atoms with Gasteiger partial charge in [0.1, 0.15) is 17.9 Å². The van der Waals surface area contributed by atoms with Gasteiger partial charge in [-0.1, -0.05) is 6.07 Å². The Balaban J connectivity index is 1.92. The predicted octanol–water partition coefficient (Wildman–Crippen LogP) is 3.37. The summed E-state index contributed by atoms with van der Waals surface area (Å²) in [6, 6.07) is 12.4. The first kappa shape index (κ1) is 18.3. The number of ether oxygens (including phenoxy) is 2. The zero-order chi connectivity index (χ0) is 18.2. The maximum absolute atomic E-state index is 12.1. The summed E-state index contributed by atoms with van der Waals surface area (Å²) < 4.78 is 10.5. The largest absolute Gasteiger partial charge is 0.495 e. The van der Waals surface area contributed by atoms with E-state index in [1.807, 2.05) is 19.9 Å². The van der Waals surface area contributed by atoms with E-state index in [-0.39, 0.29) is 6.42 Å². The molecule has 2 aromatic carbocycles. The number of rotatable bonds is 7. The third kappa shape index (κ3) is 5.53. The van der Waals surface area contributed by atoms with Crippen molar-refractivity contribution < 1.29 is 19.1 Å². The molecule has 2 aromatic rings. The number of amides is 2. The van der Waals surface area contributed by atoms with Crippen LogP contribution in [0, 0.1) is 6.92 Å². The quantitative estimate of drug-likeness (QED) is 0.757. The molecule has 6 heteroatoms. The van der Waals surface area contributed by atoms with Gasteiger partial charge in [0.25, 0.3) is 0 Å². The van der Waals surface area contributed by atoms with Crippen LogP contribution in [0.1, 0.15) is 18.9 Å². The molecule has 2 rings (SSSR count). The highest BCUT2D eigenvalue weighted by atomic mass is 16.5. The van der Waals surface area contributed by atoms with Crippen LogP contribution in [0.25, 0.3) is 0 Å². The molecule has 0 spiro atoms. The number of nitrogens with one attached hydrogen (secondary N) is 2. The zero-order valence-corrected chi connectivity index (χ0v) is 14.6. The molecular formula is C19H22N2O4. The smallest absolute Gasteiger partial charge is 0.233 e. The van der Waals surface area contributed by atoms with E-state index in [0.29, 0.717) is 23.7 Å². The lowest BCUT2D eigenvalue weighted by atomic mass is 10.2. The molecule has 25 heavy (non-hydrogen) atoms. The molecule has 132 valence electrons. The molecular weight excluding hydrogens is 320 g/mol. The van der Waals surface area contributed by atoms with Crippen molar-refractivity contribution in [3.05, 3.63) is 48.0 Å². The third-order valence-corrected chi connectivity index (χ3v) is 3.40. The molecule has 0 aliphatic carbocycles. The van der Waals surface area contributed by atoms with Gasteiger partial charge < -0.3 is 20.1 Å². The molecule has 0 aromatic heterocycles. The lowest BCUT2D eigenvalue weighted by Crippen LogP contribution is -2.21. The van der Waals surface area contributed by atoms with Crippen molar-refractivity contribution in [2.75, 3.05) is 24.4 Å². The van der Waals surface area contributed by atoms with Gasteiger partial charge in [0, 0.05) is 5.69 Å². The molecule has 0 bridgehead atoms. The van der Waals surface area contributed by atoms with Crippen molar-refractivity contribution in [2.24, 2.45) is 0 Å². The van der Waals surface area contributed by atoms with Crippen molar-refractivity contribution in [2.45, 2.75) is 20.3 Å². The molecule has 0 atom stereocenters. The van der Waals surface area contributed by atoms with Gasteiger partial charge in [-0.05, 0) is 55.8 Å². The minimum Gasteiger partial charge on any atom is -0.495 e. The summed E-state index contributed by atoms with van der Waals surface area (Å²) >= 11 is 0. The van der Waals surface area contributed by atoms with Crippen LogP contribution in [0.3, 0.4) is 0 Å². The second kappa shape index (κ2) is 8.73. The second-order valence-electron chi connectivity index (χ2n) is 5.43. The molecule has 0 fully saturated rings. The molecule has 0 aliphatic heterocycles. The summed E-state index contributed by atoms with van der Waals surface area (Å²) in [6.07, 6.45) is -0.287. The molecule has 0 saturated carbocycles. The number of benzene rings is 2. The summed E-state index contributed by atoms with van der Waals surface area (Å²) in [5.74, 6) is 0.469. The number of methoxy groups -OCH3 is 1. The highest BCUT2D eigenvalue weighted by molar-refractivity contribution is 6.08. The van der Waals surface area contributed by atoms with Crippen LogP contribution < -0.4 is 20.1 Å². The van der Waals surface area contributed by atoms with Gasteiger partial charge in [0.2, 0.25) is 11.8 Å². The van der Waals surface area contributed by atoms with E-state index in [2.05, 4.69) is 10.6 Å². The fraction of sp³-hybridized carbons (Fsp3) is 0.263. The SMILES string of the molecule is CCOc1ccc(NC(=O)CC(=O)Nc2cc(C)ccc2OC)cc1. The Morgan fingerprint density at radius 2 is 1.68 bits per heavy atom. The van der Waals surface area contributed by atoms with Crippen LogP contribution in [0.15, 0.2) is 42.5 Å². The van der Waals surface area contributed by atoms with Crippen molar-refractivity contribution in [1.82, 2.24) is 0 Å². The Kier molecular flexibility index (Phi) is 6.39. The van der Waals surface area contributed by atoms with E-state index in [9.17, 15) is 9.59 Å². The fourth-order valence-electron chi connectivity index (χ4n) is 2.27. The summed E-state index contributed by atoms with van der Waals surface area (Å²) in [7, 11) is 1.53. The van der Waals surface area contributed by atoms with Gasteiger partial charge in [0.05, 0.1) is 19.4 Å². The Morgan fingerprint density at radius 3 is 2.32 bits per heavy atom. The standard InChI is InChI=1S/C19H22N2O4/c1-4-25-15-8-6-14(7-9-15)20-18(22)12-19(23)21-16-11-13(2)5-10-17(16)24-3/h5-11H,4,12H2,1-3H3,(H,20,22)(H,21,23). The van der Waals surface area contributed by atoms with Gasteiger partial charge in [-0.25, -0.2) is 0 Å². The fourth-order valence-corrected chi connectivity index (χ4v) is 2.27. The lowest BCUT2D eigenvalue weighted by molar-refractivity contribution is -0.123. The summed E-state index contributed by atoms with van der Waals surface area (Å²) in [4.78, 5) is 24.1. The Bertz CT molecular complexity index is 742. The third-order valence-electron chi connectivity index (χ3n) is 3.40. The minimum absolute atomic E-state index is 0.287. The number of carbonyl (C=O) groups excluding carboxylic acids is 2. The normalized spacial score (nSPS) is 10.0. The molecule has 0 saturated heterocycles. The predicted molar refractivity (Wildman–Crippen MR) is 97.2 cm³/mol. The van der Waals surface area contributed by atoms with Crippen molar-refractivity contribution >= 4 is 23.2 Å². The van der Waals surface area contributed by atoms with Gasteiger partial charge in [0.15, 0.2) is 0 Å². The maximum atomic E-state index is 12.1. The van der Waals surface area contributed by atoms with Crippen molar-refractivity contribution in [3.63, 3.8) is 0 Å². The van der Waals surface area contributed by atoms with E-state index in [0.717, 1.165) is 11.3 Å². The number of anilines is 2. The first-order valence-corrected chi connectivity index (χ1v) is 7.99. The average Bonchev–Trinajstić information content (AvgIpc) is 2.57. The van der Waals surface area contributed by atoms with E-state index in [4.69, 9.17) is 9.47 Å². The van der Waals surface area contributed by atoms with Crippen LogP contribution in [-0.2, 0) is 9.59 Å². The van der Waals surface area contributed by atoms with E-state index < -0.39 is 11.8 Å². The lowest BCUT2D eigenvalue weighted by Gasteiger charge is -2.11. The second-order valence-corrected chi connectivity index (χ2v) is 5.43. The van der Waals surface area contributed by atoms with Crippen LogP contribution in [0.5, 0.6) is 11.5 Å². The van der Waals surface area contributed by atoms with Crippen LogP contribution in [-0.4, -0.2) is 25.5 Å². The maximum Gasteiger partial charge on any atom is 0.233 e. The topological polar surface area (TPSA) is 76.7 Å². The van der Waals surface area contributed by atoms with Crippen LogP contribution >= 0.6 is 0 Å².